The fourth-order valence-corrected chi connectivity index (χ4v) is 2.09. The van der Waals surface area contributed by atoms with E-state index in [1.807, 2.05) is 32.0 Å². The van der Waals surface area contributed by atoms with E-state index in [0.717, 1.165) is 11.3 Å². The van der Waals surface area contributed by atoms with E-state index in [1.54, 1.807) is 24.1 Å². The van der Waals surface area contributed by atoms with Gasteiger partial charge < -0.3 is 15.2 Å². The summed E-state index contributed by atoms with van der Waals surface area (Å²) in [5.41, 5.74) is 2.15. The summed E-state index contributed by atoms with van der Waals surface area (Å²) in [7, 11) is 1.60. The molecule has 0 radical (unpaired) electrons. The molecule has 0 aliphatic heterocycles. The molecule has 1 aromatic carbocycles. The number of methoxy groups -OCH3 is 1. The van der Waals surface area contributed by atoms with Crippen LogP contribution in [0.1, 0.15) is 29.4 Å². The number of nitrogens with one attached hydrogen (secondary N) is 1. The van der Waals surface area contributed by atoms with Crippen LogP contribution >= 0.6 is 0 Å². The maximum atomic E-state index is 12.1. The van der Waals surface area contributed by atoms with E-state index in [-0.39, 0.29) is 18.6 Å². The van der Waals surface area contributed by atoms with Crippen LogP contribution in [0.25, 0.3) is 5.69 Å². The van der Waals surface area contributed by atoms with Crippen LogP contribution in [0.2, 0.25) is 0 Å². The number of aromatic nitrogens is 2. The molecule has 0 bridgehead atoms. The molecule has 1 heterocycles. The third-order valence-electron chi connectivity index (χ3n) is 3.45. The van der Waals surface area contributed by atoms with Gasteiger partial charge in [-0.2, -0.15) is 5.10 Å². The van der Waals surface area contributed by atoms with Crippen LogP contribution in [-0.2, 0) is 0 Å². The second kappa shape index (κ2) is 7.09. The molecule has 0 saturated heterocycles. The van der Waals surface area contributed by atoms with Gasteiger partial charge in [-0.1, -0.05) is 13.0 Å². The highest BCUT2D eigenvalue weighted by molar-refractivity contribution is 5.92. The van der Waals surface area contributed by atoms with Gasteiger partial charge in [0.1, 0.15) is 11.4 Å². The van der Waals surface area contributed by atoms with E-state index < -0.39 is 0 Å². The van der Waals surface area contributed by atoms with Gasteiger partial charge in [-0.05, 0) is 37.1 Å². The van der Waals surface area contributed by atoms with Gasteiger partial charge in [0.2, 0.25) is 0 Å². The summed E-state index contributed by atoms with van der Waals surface area (Å²) in [5, 5.41) is 16.2. The number of aliphatic hydroxyl groups is 1. The summed E-state index contributed by atoms with van der Waals surface area (Å²) >= 11 is 0. The molecule has 118 valence electrons. The van der Waals surface area contributed by atoms with Crippen LogP contribution in [0.15, 0.2) is 30.5 Å². The number of ether oxygens (including phenoxy) is 1. The highest BCUT2D eigenvalue weighted by Gasteiger charge is 2.15. The van der Waals surface area contributed by atoms with Crippen LogP contribution in [0.5, 0.6) is 5.75 Å². The molecule has 1 atom stereocenters. The van der Waals surface area contributed by atoms with Gasteiger partial charge in [0.05, 0.1) is 19.8 Å². The normalized spacial score (nSPS) is 12.0. The molecular weight excluding hydrogens is 282 g/mol. The van der Waals surface area contributed by atoms with Crippen molar-refractivity contribution in [2.45, 2.75) is 26.3 Å². The topological polar surface area (TPSA) is 76.4 Å². The van der Waals surface area contributed by atoms with Crippen molar-refractivity contribution >= 4 is 5.91 Å². The van der Waals surface area contributed by atoms with E-state index >= 15 is 0 Å². The van der Waals surface area contributed by atoms with Crippen molar-refractivity contribution in [3.05, 3.63) is 41.7 Å². The maximum Gasteiger partial charge on any atom is 0.272 e. The Hall–Kier alpha value is -2.34. The van der Waals surface area contributed by atoms with E-state index in [0.29, 0.717) is 17.9 Å². The molecule has 2 rings (SSSR count). The Kier molecular flexibility index (Phi) is 5.16. The Balaban J connectivity index is 2.25. The van der Waals surface area contributed by atoms with Crippen molar-refractivity contribution < 1.29 is 14.6 Å². The van der Waals surface area contributed by atoms with Crippen molar-refractivity contribution in [3.63, 3.8) is 0 Å². The minimum atomic E-state index is -0.300. The molecule has 0 spiro atoms. The molecule has 2 aromatic rings. The van der Waals surface area contributed by atoms with Gasteiger partial charge in [-0.3, -0.25) is 4.79 Å². The summed E-state index contributed by atoms with van der Waals surface area (Å²) in [5.74, 6) is 0.383. The maximum absolute atomic E-state index is 12.1. The molecule has 22 heavy (non-hydrogen) atoms. The Morgan fingerprint density at radius 3 is 2.86 bits per heavy atom. The third-order valence-corrected chi connectivity index (χ3v) is 3.45. The fourth-order valence-electron chi connectivity index (χ4n) is 2.09. The largest absolute Gasteiger partial charge is 0.494 e. The lowest BCUT2D eigenvalue weighted by molar-refractivity contribution is 0.0909. The number of hydrogen-bond donors (Lipinski definition) is 2. The molecule has 1 amide bonds. The zero-order valence-electron chi connectivity index (χ0n) is 13.0. The molecule has 0 aliphatic carbocycles. The first kappa shape index (κ1) is 16.0. The molecule has 0 aliphatic rings. The van der Waals surface area contributed by atoms with E-state index in [4.69, 9.17) is 9.84 Å². The molecular formula is C16H21N3O3. The average Bonchev–Trinajstić information content (AvgIpc) is 3.02. The van der Waals surface area contributed by atoms with Crippen LogP contribution in [0.3, 0.4) is 0 Å². The van der Waals surface area contributed by atoms with Crippen LogP contribution in [0, 0.1) is 6.92 Å². The molecule has 0 saturated carbocycles. The first-order valence-corrected chi connectivity index (χ1v) is 7.21. The van der Waals surface area contributed by atoms with Gasteiger partial charge in [0.15, 0.2) is 5.69 Å². The molecule has 1 unspecified atom stereocenters. The number of benzene rings is 1. The number of aryl methyl sites for hydroxylation is 1. The van der Waals surface area contributed by atoms with E-state index in [2.05, 4.69) is 10.4 Å². The number of aliphatic hydroxyl groups excluding tert-OH is 1. The monoisotopic (exact) mass is 303 g/mol. The summed E-state index contributed by atoms with van der Waals surface area (Å²) in [6.45, 7) is 3.79. The Labute approximate surface area is 129 Å². The molecule has 6 heteroatoms. The summed E-state index contributed by atoms with van der Waals surface area (Å²) in [4.78, 5) is 12.1. The zero-order chi connectivity index (χ0) is 16.1. The predicted molar refractivity (Wildman–Crippen MR) is 83.5 cm³/mol. The summed E-state index contributed by atoms with van der Waals surface area (Å²) in [6, 6.07) is 7.14. The number of rotatable bonds is 6. The first-order chi connectivity index (χ1) is 10.6. The molecule has 0 fully saturated rings. The molecule has 2 N–H and O–H groups in total. The van der Waals surface area contributed by atoms with Crippen molar-refractivity contribution in [2.75, 3.05) is 13.7 Å². The standard InChI is InChI=1S/C16H21N3O3/c1-4-12(10-20)17-16(21)13-7-8-19(18-13)14-9-11(2)5-6-15(14)22-3/h5-9,12,20H,4,10H2,1-3H3,(H,17,21). The van der Waals surface area contributed by atoms with Gasteiger partial charge in [0, 0.05) is 6.20 Å². The van der Waals surface area contributed by atoms with E-state index in [9.17, 15) is 4.79 Å². The second-order valence-corrected chi connectivity index (χ2v) is 5.08. The van der Waals surface area contributed by atoms with Crippen LogP contribution in [0.4, 0.5) is 0 Å². The highest BCUT2D eigenvalue weighted by atomic mass is 16.5. The Bertz CT molecular complexity index is 648. The number of carbonyl (C=O) groups excluding carboxylic acids is 1. The number of hydrogen-bond acceptors (Lipinski definition) is 4. The minimum Gasteiger partial charge on any atom is -0.494 e. The summed E-state index contributed by atoms with van der Waals surface area (Å²) in [6.07, 6.45) is 2.38. The Morgan fingerprint density at radius 1 is 1.45 bits per heavy atom. The third kappa shape index (κ3) is 3.46. The zero-order valence-corrected chi connectivity index (χ0v) is 13.0. The Morgan fingerprint density at radius 2 is 2.23 bits per heavy atom. The number of carbonyl (C=O) groups is 1. The quantitative estimate of drug-likeness (QED) is 0.851. The van der Waals surface area contributed by atoms with Crippen molar-refractivity contribution in [1.29, 1.82) is 0 Å². The molecule has 1 aromatic heterocycles. The second-order valence-electron chi connectivity index (χ2n) is 5.08. The highest BCUT2D eigenvalue weighted by Crippen LogP contribution is 2.23. The lowest BCUT2D eigenvalue weighted by atomic mass is 10.2. The van der Waals surface area contributed by atoms with Crippen molar-refractivity contribution in [1.82, 2.24) is 15.1 Å². The number of amides is 1. The minimum absolute atomic E-state index is 0.0886. The lowest BCUT2D eigenvalue weighted by Crippen LogP contribution is -2.37. The van der Waals surface area contributed by atoms with Crippen LogP contribution < -0.4 is 10.1 Å². The predicted octanol–water partition coefficient (Wildman–Crippen LogP) is 1.69. The van der Waals surface area contributed by atoms with Gasteiger partial charge in [-0.25, -0.2) is 4.68 Å². The van der Waals surface area contributed by atoms with Crippen LogP contribution in [-0.4, -0.2) is 40.6 Å². The fraction of sp³-hybridized carbons (Fsp3) is 0.375. The summed E-state index contributed by atoms with van der Waals surface area (Å²) < 4.78 is 6.94. The SMILES string of the molecule is CCC(CO)NC(=O)c1ccn(-c2cc(C)ccc2OC)n1. The van der Waals surface area contributed by atoms with Crippen molar-refractivity contribution in [2.24, 2.45) is 0 Å². The van der Waals surface area contributed by atoms with E-state index in [1.165, 1.54) is 0 Å². The average molecular weight is 303 g/mol. The van der Waals surface area contributed by atoms with Gasteiger partial charge in [0.25, 0.3) is 5.91 Å². The molecule has 6 nitrogen and oxygen atoms in total. The van der Waals surface area contributed by atoms with Crippen molar-refractivity contribution in [3.8, 4) is 11.4 Å². The lowest BCUT2D eigenvalue weighted by Gasteiger charge is -2.12. The van der Waals surface area contributed by atoms with Gasteiger partial charge in [-0.15, -0.1) is 0 Å². The smallest absolute Gasteiger partial charge is 0.272 e. The van der Waals surface area contributed by atoms with Gasteiger partial charge >= 0.3 is 0 Å². The number of nitrogens with zero attached hydrogens (tertiary/aromatic N) is 2. The first-order valence-electron chi connectivity index (χ1n) is 7.21.